The predicted octanol–water partition coefficient (Wildman–Crippen LogP) is 1.47. The average Bonchev–Trinajstić information content (AvgIpc) is 2.59. The van der Waals surface area contributed by atoms with Gasteiger partial charge in [-0.1, -0.05) is 6.92 Å². The standard InChI is InChI=1S/C16H26N2O4S/c1-3-10-22-15-4-6-16(7-5-15)23(19,20)17-13-14(2)18-8-11-21-12-9-18/h4-7,14,17H,3,8-13H2,1-2H3. The highest BCUT2D eigenvalue weighted by Crippen LogP contribution is 2.16. The van der Waals surface area contributed by atoms with Crippen molar-refractivity contribution in [3.05, 3.63) is 24.3 Å². The second-order valence-electron chi connectivity index (χ2n) is 5.67. The first-order chi connectivity index (χ1) is 11.0. The Balaban J connectivity index is 1.90. The molecule has 0 saturated carbocycles. The fraction of sp³-hybridized carbons (Fsp3) is 0.625. The predicted molar refractivity (Wildman–Crippen MR) is 89.3 cm³/mol. The first kappa shape index (κ1) is 18.2. The summed E-state index contributed by atoms with van der Waals surface area (Å²) in [4.78, 5) is 2.49. The molecule has 1 heterocycles. The number of hydrogen-bond acceptors (Lipinski definition) is 5. The van der Waals surface area contributed by atoms with Crippen LogP contribution in [0.2, 0.25) is 0 Å². The van der Waals surface area contributed by atoms with Gasteiger partial charge in [0.15, 0.2) is 0 Å². The van der Waals surface area contributed by atoms with E-state index in [9.17, 15) is 8.42 Å². The lowest BCUT2D eigenvalue weighted by Crippen LogP contribution is -2.47. The van der Waals surface area contributed by atoms with E-state index < -0.39 is 10.0 Å². The van der Waals surface area contributed by atoms with E-state index in [1.165, 1.54) is 0 Å². The Morgan fingerprint density at radius 3 is 2.52 bits per heavy atom. The highest BCUT2D eigenvalue weighted by Gasteiger charge is 2.20. The number of benzene rings is 1. The Kier molecular flexibility index (Phi) is 6.83. The largest absolute Gasteiger partial charge is 0.494 e. The van der Waals surface area contributed by atoms with Gasteiger partial charge < -0.3 is 9.47 Å². The molecule has 1 aliphatic rings. The Labute approximate surface area is 138 Å². The Morgan fingerprint density at radius 1 is 1.26 bits per heavy atom. The van der Waals surface area contributed by atoms with Crippen LogP contribution >= 0.6 is 0 Å². The molecule has 0 aromatic heterocycles. The highest BCUT2D eigenvalue weighted by atomic mass is 32.2. The summed E-state index contributed by atoms with van der Waals surface area (Å²) in [7, 11) is -3.49. The van der Waals surface area contributed by atoms with Crippen LogP contribution < -0.4 is 9.46 Å². The molecule has 1 aromatic carbocycles. The van der Waals surface area contributed by atoms with Gasteiger partial charge in [-0.15, -0.1) is 0 Å². The third kappa shape index (κ3) is 5.46. The minimum atomic E-state index is -3.49. The van der Waals surface area contributed by atoms with E-state index in [1.807, 2.05) is 13.8 Å². The molecule has 6 nitrogen and oxygen atoms in total. The van der Waals surface area contributed by atoms with Gasteiger partial charge in [0, 0.05) is 25.7 Å². The molecule has 0 spiro atoms. The third-order valence-corrected chi connectivity index (χ3v) is 5.28. The number of ether oxygens (including phenoxy) is 2. The van der Waals surface area contributed by atoms with Crippen molar-refractivity contribution in [1.82, 2.24) is 9.62 Å². The van der Waals surface area contributed by atoms with Gasteiger partial charge in [0.2, 0.25) is 10.0 Å². The first-order valence-electron chi connectivity index (χ1n) is 8.07. The zero-order valence-corrected chi connectivity index (χ0v) is 14.6. The molecule has 1 aromatic rings. The summed E-state index contributed by atoms with van der Waals surface area (Å²) in [5.74, 6) is 0.687. The minimum Gasteiger partial charge on any atom is -0.494 e. The van der Waals surface area contributed by atoms with Gasteiger partial charge >= 0.3 is 0 Å². The van der Waals surface area contributed by atoms with E-state index in [0.29, 0.717) is 32.1 Å². The van der Waals surface area contributed by atoms with Gasteiger partial charge in [-0.25, -0.2) is 13.1 Å². The van der Waals surface area contributed by atoms with Crippen LogP contribution in [0.5, 0.6) is 5.75 Å². The zero-order valence-electron chi connectivity index (χ0n) is 13.8. The number of sulfonamides is 1. The molecule has 1 atom stereocenters. The van der Waals surface area contributed by atoms with Crippen molar-refractivity contribution in [3.8, 4) is 5.75 Å². The molecule has 1 unspecified atom stereocenters. The summed E-state index contributed by atoms with van der Waals surface area (Å²) >= 11 is 0. The highest BCUT2D eigenvalue weighted by molar-refractivity contribution is 7.89. The molecule has 0 aliphatic carbocycles. The van der Waals surface area contributed by atoms with Gasteiger partial charge in [-0.05, 0) is 37.6 Å². The fourth-order valence-corrected chi connectivity index (χ4v) is 3.52. The molecule has 1 aliphatic heterocycles. The number of rotatable bonds is 8. The lowest BCUT2D eigenvalue weighted by molar-refractivity contribution is 0.0213. The van der Waals surface area contributed by atoms with Gasteiger partial charge in [0.25, 0.3) is 0 Å². The molecular formula is C16H26N2O4S. The maximum absolute atomic E-state index is 12.3. The van der Waals surface area contributed by atoms with Gasteiger partial charge in [0.05, 0.1) is 24.7 Å². The van der Waals surface area contributed by atoms with E-state index in [-0.39, 0.29) is 10.9 Å². The molecule has 2 rings (SSSR count). The van der Waals surface area contributed by atoms with Gasteiger partial charge in [-0.2, -0.15) is 0 Å². The van der Waals surface area contributed by atoms with Crippen molar-refractivity contribution in [1.29, 1.82) is 0 Å². The maximum atomic E-state index is 12.3. The van der Waals surface area contributed by atoms with Crippen LogP contribution in [-0.2, 0) is 14.8 Å². The van der Waals surface area contributed by atoms with E-state index in [0.717, 1.165) is 19.5 Å². The second kappa shape index (κ2) is 8.63. The Hall–Kier alpha value is -1.15. The van der Waals surface area contributed by atoms with E-state index >= 15 is 0 Å². The molecule has 0 amide bonds. The maximum Gasteiger partial charge on any atom is 0.240 e. The summed E-state index contributed by atoms with van der Waals surface area (Å²) < 4.78 is 38.2. The fourth-order valence-electron chi connectivity index (χ4n) is 2.40. The molecule has 7 heteroatoms. The number of nitrogens with zero attached hydrogens (tertiary/aromatic N) is 1. The van der Waals surface area contributed by atoms with Crippen molar-refractivity contribution in [2.45, 2.75) is 31.2 Å². The van der Waals surface area contributed by atoms with Crippen molar-refractivity contribution >= 4 is 10.0 Å². The monoisotopic (exact) mass is 342 g/mol. The van der Waals surface area contributed by atoms with Crippen LogP contribution in [0.1, 0.15) is 20.3 Å². The smallest absolute Gasteiger partial charge is 0.240 e. The Bertz CT molecular complexity index is 568. The topological polar surface area (TPSA) is 67.9 Å². The summed E-state index contributed by atoms with van der Waals surface area (Å²) in [6.07, 6.45) is 0.918. The lowest BCUT2D eigenvalue weighted by atomic mass is 10.2. The average molecular weight is 342 g/mol. The Morgan fingerprint density at radius 2 is 1.91 bits per heavy atom. The van der Waals surface area contributed by atoms with E-state index in [1.54, 1.807) is 24.3 Å². The summed E-state index contributed by atoms with van der Waals surface area (Å²) in [5, 5.41) is 0. The molecule has 23 heavy (non-hydrogen) atoms. The third-order valence-electron chi connectivity index (χ3n) is 3.84. The van der Waals surface area contributed by atoms with Crippen LogP contribution in [0.3, 0.4) is 0 Å². The van der Waals surface area contributed by atoms with E-state index in [2.05, 4.69) is 9.62 Å². The molecule has 130 valence electrons. The summed E-state index contributed by atoms with van der Waals surface area (Å²) in [6, 6.07) is 6.67. The molecule has 1 N–H and O–H groups in total. The zero-order chi connectivity index (χ0) is 16.7. The van der Waals surface area contributed by atoms with Crippen LogP contribution in [0, 0.1) is 0 Å². The van der Waals surface area contributed by atoms with Crippen LogP contribution in [0.25, 0.3) is 0 Å². The van der Waals surface area contributed by atoms with Crippen LogP contribution in [0.4, 0.5) is 0 Å². The van der Waals surface area contributed by atoms with Crippen molar-refractivity contribution in [2.24, 2.45) is 0 Å². The van der Waals surface area contributed by atoms with E-state index in [4.69, 9.17) is 9.47 Å². The number of nitrogens with one attached hydrogen (secondary N) is 1. The first-order valence-corrected chi connectivity index (χ1v) is 9.55. The van der Waals surface area contributed by atoms with Gasteiger partial charge in [-0.3, -0.25) is 4.90 Å². The van der Waals surface area contributed by atoms with Crippen LogP contribution in [-0.4, -0.2) is 58.8 Å². The molecule has 0 radical (unpaired) electrons. The molecule has 0 bridgehead atoms. The number of morpholine rings is 1. The van der Waals surface area contributed by atoms with Gasteiger partial charge in [0.1, 0.15) is 5.75 Å². The second-order valence-corrected chi connectivity index (χ2v) is 7.44. The van der Waals surface area contributed by atoms with Crippen LogP contribution in [0.15, 0.2) is 29.2 Å². The number of hydrogen-bond donors (Lipinski definition) is 1. The van der Waals surface area contributed by atoms with Crippen molar-refractivity contribution in [3.63, 3.8) is 0 Å². The SMILES string of the molecule is CCCOc1ccc(S(=O)(=O)NCC(C)N2CCOCC2)cc1. The molecule has 1 saturated heterocycles. The quantitative estimate of drug-likeness (QED) is 0.775. The molecule has 1 fully saturated rings. The summed E-state index contributed by atoms with van der Waals surface area (Å²) in [5.41, 5.74) is 0. The molecular weight excluding hydrogens is 316 g/mol. The van der Waals surface area contributed by atoms with Crippen molar-refractivity contribution in [2.75, 3.05) is 39.5 Å². The lowest BCUT2D eigenvalue weighted by Gasteiger charge is -2.32. The normalized spacial score (nSPS) is 17.8. The van der Waals surface area contributed by atoms with Crippen molar-refractivity contribution < 1.29 is 17.9 Å². The minimum absolute atomic E-state index is 0.140. The summed E-state index contributed by atoms with van der Waals surface area (Å²) in [6.45, 7) is 8.15.